The van der Waals surface area contributed by atoms with Crippen LogP contribution >= 0.6 is 0 Å². The van der Waals surface area contributed by atoms with Gasteiger partial charge in [-0.2, -0.15) is 0 Å². The molecule has 0 saturated carbocycles. The molecular weight excluding hydrogens is 346 g/mol. The molecule has 0 aliphatic carbocycles. The van der Waals surface area contributed by atoms with Gasteiger partial charge in [-0.3, -0.25) is 4.90 Å². The lowest BCUT2D eigenvalue weighted by Gasteiger charge is -2.27. The fourth-order valence-corrected chi connectivity index (χ4v) is 3.86. The molecule has 0 saturated heterocycles. The molecule has 0 fully saturated rings. The third kappa shape index (κ3) is 4.18. The smallest absolute Gasteiger partial charge is 0.168 e. The monoisotopic (exact) mass is 373 g/mol. The molecule has 1 aromatic heterocycles. The van der Waals surface area contributed by atoms with Gasteiger partial charge in [0.2, 0.25) is 0 Å². The standard InChI is InChI=1S/C24H27N3O/c1-28-23-11-5-14-25-24(23)26-15-6-16-27-17-12-20(13-18-27)22-10-4-8-19-7-2-3-9-21(19)22/h2-5,7-12,14H,6,13,15-18H2,1H3,(H,25,26). The molecule has 0 amide bonds. The first-order valence-electron chi connectivity index (χ1n) is 9.97. The van der Waals surface area contributed by atoms with Crippen molar-refractivity contribution >= 4 is 22.2 Å². The van der Waals surface area contributed by atoms with E-state index in [-0.39, 0.29) is 0 Å². The number of benzene rings is 2. The van der Waals surface area contributed by atoms with Crippen LogP contribution in [0.5, 0.6) is 5.75 Å². The van der Waals surface area contributed by atoms with E-state index < -0.39 is 0 Å². The van der Waals surface area contributed by atoms with E-state index in [9.17, 15) is 0 Å². The summed E-state index contributed by atoms with van der Waals surface area (Å²) in [5.41, 5.74) is 2.87. The Balaban J connectivity index is 1.31. The minimum Gasteiger partial charge on any atom is -0.493 e. The van der Waals surface area contributed by atoms with Crippen LogP contribution in [0.4, 0.5) is 5.82 Å². The van der Waals surface area contributed by atoms with Crippen molar-refractivity contribution in [3.63, 3.8) is 0 Å². The van der Waals surface area contributed by atoms with Gasteiger partial charge in [0.05, 0.1) is 7.11 Å². The molecule has 4 rings (SSSR count). The Morgan fingerprint density at radius 3 is 2.82 bits per heavy atom. The maximum absolute atomic E-state index is 5.33. The Labute approximate surface area is 166 Å². The number of ether oxygens (including phenoxy) is 1. The molecule has 0 radical (unpaired) electrons. The quantitative estimate of drug-likeness (QED) is 0.602. The fraction of sp³-hybridized carbons (Fsp3) is 0.292. The van der Waals surface area contributed by atoms with Crippen molar-refractivity contribution < 1.29 is 4.74 Å². The zero-order valence-electron chi connectivity index (χ0n) is 16.4. The number of rotatable bonds is 7. The Morgan fingerprint density at radius 2 is 1.96 bits per heavy atom. The number of nitrogens with one attached hydrogen (secondary N) is 1. The van der Waals surface area contributed by atoms with Crippen molar-refractivity contribution in [3.05, 3.63) is 72.4 Å². The number of nitrogens with zero attached hydrogens (tertiary/aromatic N) is 2. The summed E-state index contributed by atoms with van der Waals surface area (Å²) >= 11 is 0. The van der Waals surface area contributed by atoms with E-state index in [2.05, 4.69) is 63.7 Å². The summed E-state index contributed by atoms with van der Waals surface area (Å²) in [4.78, 5) is 6.86. The van der Waals surface area contributed by atoms with E-state index in [1.807, 2.05) is 12.1 Å². The van der Waals surface area contributed by atoms with Crippen LogP contribution in [0.1, 0.15) is 18.4 Å². The van der Waals surface area contributed by atoms with Gasteiger partial charge in [0.25, 0.3) is 0 Å². The van der Waals surface area contributed by atoms with Crippen LogP contribution in [0.15, 0.2) is 66.9 Å². The Kier molecular flexibility index (Phi) is 5.88. The molecule has 4 heteroatoms. The first-order valence-corrected chi connectivity index (χ1v) is 9.97. The molecular formula is C24H27N3O. The van der Waals surface area contributed by atoms with Crippen molar-refractivity contribution in [1.82, 2.24) is 9.88 Å². The number of hydrogen-bond acceptors (Lipinski definition) is 4. The summed E-state index contributed by atoms with van der Waals surface area (Å²) in [6.07, 6.45) is 6.38. The molecule has 2 aromatic carbocycles. The number of aromatic nitrogens is 1. The SMILES string of the molecule is COc1cccnc1NCCCN1CC=C(c2cccc3ccccc23)CC1. The zero-order chi connectivity index (χ0) is 19.2. The first-order chi connectivity index (χ1) is 13.8. The lowest BCUT2D eigenvalue weighted by Crippen LogP contribution is -2.30. The molecule has 1 N–H and O–H groups in total. The van der Waals surface area contributed by atoms with Gasteiger partial charge in [-0.15, -0.1) is 0 Å². The van der Waals surface area contributed by atoms with Gasteiger partial charge in [-0.25, -0.2) is 4.98 Å². The summed E-state index contributed by atoms with van der Waals surface area (Å²) in [5.74, 6) is 1.62. The van der Waals surface area contributed by atoms with Gasteiger partial charge in [0, 0.05) is 32.4 Å². The van der Waals surface area contributed by atoms with Crippen molar-refractivity contribution in [2.75, 3.05) is 38.6 Å². The second-order valence-corrected chi connectivity index (χ2v) is 7.14. The summed E-state index contributed by atoms with van der Waals surface area (Å²) in [5, 5.41) is 6.06. The summed E-state index contributed by atoms with van der Waals surface area (Å²) in [6, 6.07) is 19.1. The van der Waals surface area contributed by atoms with Crippen molar-refractivity contribution in [2.45, 2.75) is 12.8 Å². The maximum Gasteiger partial charge on any atom is 0.168 e. The lowest BCUT2D eigenvalue weighted by molar-refractivity contribution is 0.301. The highest BCUT2D eigenvalue weighted by atomic mass is 16.5. The van der Waals surface area contributed by atoms with E-state index in [1.54, 1.807) is 13.3 Å². The van der Waals surface area contributed by atoms with Crippen molar-refractivity contribution in [1.29, 1.82) is 0 Å². The summed E-state index contributed by atoms with van der Waals surface area (Å²) in [6.45, 7) is 4.11. The van der Waals surface area contributed by atoms with Gasteiger partial charge < -0.3 is 10.1 Å². The molecule has 2 heterocycles. The topological polar surface area (TPSA) is 37.4 Å². The summed E-state index contributed by atoms with van der Waals surface area (Å²) in [7, 11) is 1.68. The normalized spacial score (nSPS) is 14.7. The minimum atomic E-state index is 0.795. The molecule has 4 nitrogen and oxygen atoms in total. The van der Waals surface area contributed by atoms with Crippen LogP contribution < -0.4 is 10.1 Å². The van der Waals surface area contributed by atoms with Crippen molar-refractivity contribution in [2.24, 2.45) is 0 Å². The van der Waals surface area contributed by atoms with Gasteiger partial charge in [0.1, 0.15) is 0 Å². The maximum atomic E-state index is 5.33. The average Bonchev–Trinajstić information content (AvgIpc) is 2.77. The highest BCUT2D eigenvalue weighted by Crippen LogP contribution is 2.29. The number of hydrogen-bond donors (Lipinski definition) is 1. The van der Waals surface area contributed by atoms with E-state index in [4.69, 9.17) is 4.74 Å². The number of anilines is 1. The van der Waals surface area contributed by atoms with E-state index in [0.717, 1.165) is 50.6 Å². The molecule has 1 aliphatic heterocycles. The van der Waals surface area contributed by atoms with Crippen LogP contribution in [0.2, 0.25) is 0 Å². The molecule has 3 aromatic rings. The molecule has 0 atom stereocenters. The highest BCUT2D eigenvalue weighted by molar-refractivity contribution is 5.94. The third-order valence-corrected chi connectivity index (χ3v) is 5.36. The minimum absolute atomic E-state index is 0.795. The highest BCUT2D eigenvalue weighted by Gasteiger charge is 2.14. The zero-order valence-corrected chi connectivity index (χ0v) is 16.4. The Hall–Kier alpha value is -2.85. The summed E-state index contributed by atoms with van der Waals surface area (Å²) < 4.78 is 5.33. The molecule has 0 unspecified atom stereocenters. The lowest BCUT2D eigenvalue weighted by atomic mass is 9.94. The molecule has 0 spiro atoms. The largest absolute Gasteiger partial charge is 0.493 e. The molecule has 28 heavy (non-hydrogen) atoms. The Morgan fingerprint density at radius 1 is 1.07 bits per heavy atom. The first kappa shape index (κ1) is 18.5. The second kappa shape index (κ2) is 8.89. The average molecular weight is 374 g/mol. The van der Waals surface area contributed by atoms with Crippen molar-refractivity contribution in [3.8, 4) is 5.75 Å². The fourth-order valence-electron chi connectivity index (χ4n) is 3.86. The van der Waals surface area contributed by atoms with Gasteiger partial charge in [0.15, 0.2) is 11.6 Å². The van der Waals surface area contributed by atoms with Crippen LogP contribution in [-0.2, 0) is 0 Å². The van der Waals surface area contributed by atoms with Gasteiger partial charge in [-0.05, 0) is 46.9 Å². The van der Waals surface area contributed by atoms with Gasteiger partial charge >= 0.3 is 0 Å². The van der Waals surface area contributed by atoms with E-state index in [0.29, 0.717) is 0 Å². The predicted molar refractivity (Wildman–Crippen MR) is 117 cm³/mol. The molecule has 144 valence electrons. The number of methoxy groups -OCH3 is 1. The third-order valence-electron chi connectivity index (χ3n) is 5.36. The van der Waals surface area contributed by atoms with Crippen LogP contribution in [0.3, 0.4) is 0 Å². The van der Waals surface area contributed by atoms with E-state index >= 15 is 0 Å². The van der Waals surface area contributed by atoms with Gasteiger partial charge in [-0.1, -0.05) is 48.5 Å². The second-order valence-electron chi connectivity index (χ2n) is 7.14. The number of fused-ring (bicyclic) bond motifs is 1. The van der Waals surface area contributed by atoms with Crippen LogP contribution in [0.25, 0.3) is 16.3 Å². The predicted octanol–water partition coefficient (Wildman–Crippen LogP) is 4.83. The molecule has 1 aliphatic rings. The van der Waals surface area contributed by atoms with Crippen LogP contribution in [-0.4, -0.2) is 43.2 Å². The molecule has 0 bridgehead atoms. The van der Waals surface area contributed by atoms with E-state index in [1.165, 1.54) is 21.9 Å². The van der Waals surface area contributed by atoms with Crippen LogP contribution in [0, 0.1) is 0 Å². The number of pyridine rings is 1. The Bertz CT molecular complexity index is 961.